The summed E-state index contributed by atoms with van der Waals surface area (Å²) in [5, 5.41) is 3.46. The highest BCUT2D eigenvalue weighted by atomic mass is 127. The lowest BCUT2D eigenvalue weighted by molar-refractivity contribution is -0.135. The zero-order valence-corrected chi connectivity index (χ0v) is 22.8. The van der Waals surface area contributed by atoms with Gasteiger partial charge in [0.1, 0.15) is 0 Å². The molecular weight excluding hydrogens is 515 g/mol. The molecule has 1 unspecified atom stereocenters. The average Bonchev–Trinajstić information content (AvgIpc) is 3.31. The minimum atomic E-state index is -0.0300. The van der Waals surface area contributed by atoms with E-state index in [1.807, 2.05) is 4.90 Å². The summed E-state index contributed by atoms with van der Waals surface area (Å²) in [6, 6.07) is 6.52. The van der Waals surface area contributed by atoms with E-state index < -0.39 is 0 Å². The van der Waals surface area contributed by atoms with Gasteiger partial charge in [0.15, 0.2) is 5.96 Å². The van der Waals surface area contributed by atoms with E-state index >= 15 is 0 Å². The Bertz CT molecular complexity index is 770. The van der Waals surface area contributed by atoms with E-state index in [1.165, 1.54) is 16.8 Å². The largest absolute Gasteiger partial charge is 0.378 e. The number of amides is 1. The first-order chi connectivity index (χ1) is 14.9. The summed E-state index contributed by atoms with van der Waals surface area (Å²) in [7, 11) is 4.13. The van der Waals surface area contributed by atoms with E-state index in [4.69, 9.17) is 4.99 Å². The molecule has 1 N–H and O–H groups in total. The Morgan fingerprint density at radius 2 is 1.75 bits per heavy atom. The fraction of sp³-hybridized carbons (Fsp3) is 0.667. The number of rotatable bonds is 6. The summed E-state index contributed by atoms with van der Waals surface area (Å²) < 4.78 is 0. The second-order valence-electron chi connectivity index (χ2n) is 8.91. The number of halogens is 1. The molecule has 1 aromatic carbocycles. The molecule has 0 bridgehead atoms. The third-order valence-corrected chi connectivity index (χ3v) is 6.51. The SMILES string of the molecule is CCNC(=NCc1ccc(N(C)C)cc1C)N1CCN(C(C)C(=O)N2CCCC2)CC1.I. The number of anilines is 1. The van der Waals surface area contributed by atoms with E-state index in [-0.39, 0.29) is 30.0 Å². The molecule has 0 spiro atoms. The fourth-order valence-corrected chi connectivity index (χ4v) is 4.40. The number of piperazine rings is 1. The van der Waals surface area contributed by atoms with Gasteiger partial charge in [0, 0.05) is 65.6 Å². The van der Waals surface area contributed by atoms with Gasteiger partial charge in [-0.3, -0.25) is 9.69 Å². The first-order valence-electron chi connectivity index (χ1n) is 11.7. The van der Waals surface area contributed by atoms with Crippen LogP contribution < -0.4 is 10.2 Å². The second kappa shape index (κ2) is 12.6. The molecule has 3 rings (SSSR count). The maximum atomic E-state index is 12.8. The number of aliphatic imine (C=N–C) groups is 1. The van der Waals surface area contributed by atoms with Crippen LogP contribution in [-0.2, 0) is 11.3 Å². The molecular formula is C24H41IN6O. The highest BCUT2D eigenvalue weighted by Crippen LogP contribution is 2.18. The van der Waals surface area contributed by atoms with E-state index in [2.05, 4.69) is 73.1 Å². The number of guanidine groups is 1. The zero-order valence-electron chi connectivity index (χ0n) is 20.4. The van der Waals surface area contributed by atoms with Crippen LogP contribution in [0, 0.1) is 6.92 Å². The van der Waals surface area contributed by atoms with Gasteiger partial charge >= 0.3 is 0 Å². The highest BCUT2D eigenvalue weighted by Gasteiger charge is 2.30. The molecule has 2 saturated heterocycles. The summed E-state index contributed by atoms with van der Waals surface area (Å²) in [5.74, 6) is 1.26. The van der Waals surface area contributed by atoms with E-state index in [1.54, 1.807) is 0 Å². The van der Waals surface area contributed by atoms with Crippen molar-refractivity contribution >= 4 is 41.5 Å². The van der Waals surface area contributed by atoms with Gasteiger partial charge in [0.05, 0.1) is 12.6 Å². The topological polar surface area (TPSA) is 54.4 Å². The van der Waals surface area contributed by atoms with Crippen LogP contribution in [0.4, 0.5) is 5.69 Å². The minimum Gasteiger partial charge on any atom is -0.378 e. The van der Waals surface area contributed by atoms with Gasteiger partial charge in [-0.2, -0.15) is 0 Å². The number of nitrogens with zero attached hydrogens (tertiary/aromatic N) is 5. The molecule has 0 radical (unpaired) electrons. The maximum Gasteiger partial charge on any atom is 0.239 e. The first-order valence-corrected chi connectivity index (χ1v) is 11.7. The minimum absolute atomic E-state index is 0. The van der Waals surface area contributed by atoms with Crippen LogP contribution in [0.2, 0.25) is 0 Å². The van der Waals surface area contributed by atoms with E-state index in [0.29, 0.717) is 12.5 Å². The zero-order chi connectivity index (χ0) is 22.4. The molecule has 8 heteroatoms. The van der Waals surface area contributed by atoms with Gasteiger partial charge in [-0.05, 0) is 56.9 Å². The van der Waals surface area contributed by atoms with Crippen LogP contribution in [0.1, 0.15) is 37.8 Å². The Hall–Kier alpha value is -1.55. The highest BCUT2D eigenvalue weighted by molar-refractivity contribution is 14.0. The predicted octanol–water partition coefficient (Wildman–Crippen LogP) is 2.77. The Morgan fingerprint density at radius 3 is 2.31 bits per heavy atom. The lowest BCUT2D eigenvalue weighted by Crippen LogP contribution is -2.57. The average molecular weight is 557 g/mol. The van der Waals surface area contributed by atoms with Crippen molar-refractivity contribution in [1.29, 1.82) is 0 Å². The number of benzene rings is 1. The van der Waals surface area contributed by atoms with Crippen LogP contribution in [0.15, 0.2) is 23.2 Å². The Labute approximate surface area is 211 Å². The van der Waals surface area contributed by atoms with Crippen LogP contribution >= 0.6 is 24.0 Å². The van der Waals surface area contributed by atoms with Crippen LogP contribution in [0.25, 0.3) is 0 Å². The number of nitrogens with one attached hydrogen (secondary N) is 1. The van der Waals surface area contributed by atoms with E-state index in [0.717, 1.165) is 64.6 Å². The molecule has 0 aromatic heterocycles. The van der Waals surface area contributed by atoms with Crippen LogP contribution in [0.5, 0.6) is 0 Å². The van der Waals surface area contributed by atoms with Crippen molar-refractivity contribution < 1.29 is 4.79 Å². The smallest absolute Gasteiger partial charge is 0.239 e. The predicted molar refractivity (Wildman–Crippen MR) is 144 cm³/mol. The fourth-order valence-electron chi connectivity index (χ4n) is 4.40. The van der Waals surface area contributed by atoms with Gasteiger partial charge in [-0.1, -0.05) is 6.07 Å². The molecule has 7 nitrogen and oxygen atoms in total. The molecule has 1 aromatic rings. The van der Waals surface area contributed by atoms with Gasteiger partial charge in [0.2, 0.25) is 5.91 Å². The molecule has 2 aliphatic rings. The standard InChI is InChI=1S/C24H40N6O.HI/c1-6-25-24(26-18-21-9-10-22(27(4)5)17-19(21)2)30-15-13-28(14-16-30)20(3)23(31)29-11-7-8-12-29;/h9-10,17,20H,6-8,11-16,18H2,1-5H3,(H,25,26);1H. The molecule has 2 fully saturated rings. The summed E-state index contributed by atoms with van der Waals surface area (Å²) >= 11 is 0. The molecule has 32 heavy (non-hydrogen) atoms. The Balaban J connectivity index is 0.00000363. The lowest BCUT2D eigenvalue weighted by atomic mass is 10.1. The Kier molecular flexibility index (Phi) is 10.5. The maximum absolute atomic E-state index is 12.8. The normalized spacial score (nSPS) is 18.3. The summed E-state index contributed by atoms with van der Waals surface area (Å²) in [4.78, 5) is 26.5. The van der Waals surface area contributed by atoms with Crippen molar-refractivity contribution in [2.75, 3.05) is 64.8 Å². The monoisotopic (exact) mass is 556 g/mol. The second-order valence-corrected chi connectivity index (χ2v) is 8.91. The van der Waals surface area contributed by atoms with Crippen molar-refractivity contribution in [2.45, 2.75) is 46.2 Å². The van der Waals surface area contributed by atoms with Crippen molar-refractivity contribution in [2.24, 2.45) is 4.99 Å². The third kappa shape index (κ3) is 6.73. The number of hydrogen-bond donors (Lipinski definition) is 1. The molecule has 2 aliphatic heterocycles. The molecule has 0 saturated carbocycles. The number of carbonyl (C=O) groups excluding carboxylic acids is 1. The van der Waals surface area contributed by atoms with Gasteiger partial charge in [0.25, 0.3) is 0 Å². The molecule has 0 aliphatic carbocycles. The molecule has 1 atom stereocenters. The van der Waals surface area contributed by atoms with Crippen molar-refractivity contribution in [1.82, 2.24) is 20.0 Å². The van der Waals surface area contributed by atoms with Gasteiger partial charge in [-0.25, -0.2) is 4.99 Å². The van der Waals surface area contributed by atoms with Crippen molar-refractivity contribution in [3.63, 3.8) is 0 Å². The van der Waals surface area contributed by atoms with Gasteiger partial charge < -0.3 is 20.0 Å². The quantitative estimate of drug-likeness (QED) is 0.332. The van der Waals surface area contributed by atoms with Crippen molar-refractivity contribution in [3.05, 3.63) is 29.3 Å². The number of likely N-dealkylation sites (tertiary alicyclic amines) is 1. The van der Waals surface area contributed by atoms with Crippen LogP contribution in [-0.4, -0.2) is 92.5 Å². The Morgan fingerprint density at radius 1 is 1.09 bits per heavy atom. The summed E-state index contributed by atoms with van der Waals surface area (Å²) in [6.07, 6.45) is 2.29. The molecule has 2 heterocycles. The number of aryl methyl sites for hydroxylation is 1. The summed E-state index contributed by atoms with van der Waals surface area (Å²) in [5.41, 5.74) is 3.74. The first kappa shape index (κ1) is 26.7. The lowest BCUT2D eigenvalue weighted by Gasteiger charge is -2.39. The van der Waals surface area contributed by atoms with Crippen molar-refractivity contribution in [3.8, 4) is 0 Å². The summed E-state index contributed by atoms with van der Waals surface area (Å²) in [6.45, 7) is 13.3. The van der Waals surface area contributed by atoms with Gasteiger partial charge in [-0.15, -0.1) is 24.0 Å². The number of carbonyl (C=O) groups is 1. The third-order valence-electron chi connectivity index (χ3n) is 6.51. The van der Waals surface area contributed by atoms with Crippen LogP contribution in [0.3, 0.4) is 0 Å². The molecule has 1 amide bonds. The molecule has 180 valence electrons. The van der Waals surface area contributed by atoms with E-state index in [9.17, 15) is 4.79 Å². The number of hydrogen-bond acceptors (Lipinski definition) is 4.